The number of esters is 2. The lowest BCUT2D eigenvalue weighted by atomic mass is 9.88. The second-order valence-corrected chi connectivity index (χ2v) is 5.96. The van der Waals surface area contributed by atoms with Crippen molar-refractivity contribution < 1.29 is 28.5 Å². The molecular weight excluding hydrogens is 312 g/mol. The monoisotopic (exact) mass is 338 g/mol. The summed E-state index contributed by atoms with van der Waals surface area (Å²) in [6, 6.07) is 0. The molecule has 0 radical (unpaired) electrons. The van der Waals surface area contributed by atoms with E-state index in [1.807, 2.05) is 0 Å². The molecule has 0 aromatic heterocycles. The molecule has 2 rings (SSSR count). The summed E-state index contributed by atoms with van der Waals surface area (Å²) in [5.74, 6) is -0.934. The Morgan fingerprint density at radius 2 is 1.21 bits per heavy atom. The zero-order chi connectivity index (χ0) is 17.4. The Morgan fingerprint density at radius 1 is 0.792 bits per heavy atom. The number of ether oxygens (including phenoxy) is 4. The molecule has 134 valence electrons. The lowest BCUT2D eigenvalue weighted by Gasteiger charge is -2.31. The second kappa shape index (κ2) is 9.59. The van der Waals surface area contributed by atoms with Gasteiger partial charge in [0.05, 0.1) is 26.4 Å². The van der Waals surface area contributed by atoms with Crippen molar-refractivity contribution in [2.75, 3.05) is 27.4 Å². The van der Waals surface area contributed by atoms with E-state index in [0.717, 1.165) is 38.5 Å². The second-order valence-electron chi connectivity index (χ2n) is 5.96. The van der Waals surface area contributed by atoms with Crippen LogP contribution in [0.5, 0.6) is 0 Å². The van der Waals surface area contributed by atoms with Crippen LogP contribution in [-0.4, -0.2) is 51.6 Å². The molecule has 0 bridgehead atoms. The number of methoxy groups -OCH3 is 2. The van der Waals surface area contributed by atoms with Crippen LogP contribution in [0.3, 0.4) is 0 Å². The number of carbonyl (C=O) groups is 2. The maximum absolute atomic E-state index is 11.9. The van der Waals surface area contributed by atoms with Crippen molar-refractivity contribution >= 4 is 11.9 Å². The summed E-state index contributed by atoms with van der Waals surface area (Å²) >= 11 is 0. The van der Waals surface area contributed by atoms with Gasteiger partial charge in [0.2, 0.25) is 0 Å². The first-order chi connectivity index (χ1) is 11.7. The van der Waals surface area contributed by atoms with Crippen LogP contribution >= 0.6 is 0 Å². The first kappa shape index (κ1) is 18.7. The van der Waals surface area contributed by atoms with E-state index in [-0.39, 0.29) is 12.2 Å². The molecule has 0 saturated carbocycles. The van der Waals surface area contributed by atoms with Crippen LogP contribution in [0.4, 0.5) is 0 Å². The van der Waals surface area contributed by atoms with Crippen LogP contribution in [-0.2, 0) is 28.5 Å². The largest absolute Gasteiger partial charge is 0.466 e. The fourth-order valence-electron chi connectivity index (χ4n) is 3.07. The maximum Gasteiger partial charge on any atom is 0.330 e. The summed E-state index contributed by atoms with van der Waals surface area (Å²) in [6.45, 7) is 1.28. The van der Waals surface area contributed by atoms with E-state index < -0.39 is 11.9 Å². The van der Waals surface area contributed by atoms with Crippen LogP contribution in [0.25, 0.3) is 0 Å². The minimum absolute atomic E-state index is 0.237. The lowest BCUT2D eigenvalue weighted by Crippen LogP contribution is -2.30. The zero-order valence-corrected chi connectivity index (χ0v) is 14.4. The predicted molar refractivity (Wildman–Crippen MR) is 87.4 cm³/mol. The normalized spacial score (nSPS) is 25.9. The summed E-state index contributed by atoms with van der Waals surface area (Å²) in [5.41, 5.74) is 1.33. The number of carbonyl (C=O) groups excluding carboxylic acids is 2. The van der Waals surface area contributed by atoms with Crippen molar-refractivity contribution in [3.8, 4) is 0 Å². The van der Waals surface area contributed by atoms with Crippen molar-refractivity contribution in [1.82, 2.24) is 0 Å². The van der Waals surface area contributed by atoms with Gasteiger partial charge < -0.3 is 18.9 Å². The van der Waals surface area contributed by atoms with Crippen LogP contribution in [0, 0.1) is 0 Å². The number of hydrogen-bond donors (Lipinski definition) is 0. The average molecular weight is 338 g/mol. The summed E-state index contributed by atoms with van der Waals surface area (Å²) in [7, 11) is 2.66. The Hall–Kier alpha value is -1.66. The van der Waals surface area contributed by atoms with Gasteiger partial charge in [-0.3, -0.25) is 0 Å². The quantitative estimate of drug-likeness (QED) is 0.435. The third-order valence-electron chi connectivity index (χ3n) is 4.34. The van der Waals surface area contributed by atoms with Crippen LogP contribution in [0.15, 0.2) is 23.3 Å². The van der Waals surface area contributed by atoms with Gasteiger partial charge in [-0.05, 0) is 49.7 Å². The van der Waals surface area contributed by atoms with Crippen molar-refractivity contribution in [2.45, 2.75) is 50.7 Å². The summed E-state index contributed by atoms with van der Waals surface area (Å²) in [4.78, 5) is 23.7. The van der Waals surface area contributed by atoms with Gasteiger partial charge in [0.1, 0.15) is 0 Å². The van der Waals surface area contributed by atoms with E-state index in [1.165, 1.54) is 26.4 Å². The molecule has 0 N–H and O–H groups in total. The van der Waals surface area contributed by atoms with Crippen LogP contribution in [0.2, 0.25) is 0 Å². The van der Waals surface area contributed by atoms with Crippen molar-refractivity contribution in [2.24, 2.45) is 0 Å². The van der Waals surface area contributed by atoms with E-state index in [1.54, 1.807) is 0 Å². The third-order valence-corrected chi connectivity index (χ3v) is 4.34. The molecule has 2 unspecified atom stereocenters. The van der Waals surface area contributed by atoms with Gasteiger partial charge in [0.25, 0.3) is 0 Å². The van der Waals surface area contributed by atoms with Gasteiger partial charge in [0, 0.05) is 25.4 Å². The van der Waals surface area contributed by atoms with Crippen molar-refractivity contribution in [3.05, 3.63) is 23.3 Å². The molecule has 6 nitrogen and oxygen atoms in total. The first-order valence-corrected chi connectivity index (χ1v) is 8.48. The topological polar surface area (TPSA) is 71.1 Å². The maximum atomic E-state index is 11.9. The standard InChI is InChI=1S/C18H26O6/c1-21-17(19)11-13(15-7-3-5-9-23-15)14(12-18(20)22-2)16-8-4-6-10-24-16/h11-12,15-16H,3-10H2,1-2H3/b13-11-,14-12-. The highest BCUT2D eigenvalue weighted by Gasteiger charge is 2.29. The van der Waals surface area contributed by atoms with Crippen molar-refractivity contribution in [3.63, 3.8) is 0 Å². The Labute approximate surface area is 142 Å². The van der Waals surface area contributed by atoms with Crippen LogP contribution < -0.4 is 0 Å². The molecule has 0 aromatic rings. The molecule has 0 aliphatic carbocycles. The van der Waals surface area contributed by atoms with Gasteiger partial charge in [-0.15, -0.1) is 0 Å². The van der Waals surface area contributed by atoms with Gasteiger partial charge in [-0.25, -0.2) is 9.59 Å². The summed E-state index contributed by atoms with van der Waals surface area (Å²) in [6.07, 6.45) is 7.99. The molecule has 2 atom stereocenters. The summed E-state index contributed by atoms with van der Waals surface area (Å²) < 4.78 is 21.3. The SMILES string of the molecule is COC(=O)/C=C(/C(=C/C(=O)OC)C1CCCCO1)C1CCCCO1. The Bertz CT molecular complexity index is 450. The van der Waals surface area contributed by atoms with E-state index in [4.69, 9.17) is 18.9 Å². The molecule has 6 heteroatoms. The van der Waals surface area contributed by atoms with Gasteiger partial charge in [0.15, 0.2) is 0 Å². The van der Waals surface area contributed by atoms with Crippen molar-refractivity contribution in [1.29, 1.82) is 0 Å². The van der Waals surface area contributed by atoms with Crippen LogP contribution in [0.1, 0.15) is 38.5 Å². The fourth-order valence-corrected chi connectivity index (χ4v) is 3.07. The molecule has 0 amide bonds. The predicted octanol–water partition coefficient (Wildman–Crippen LogP) is 2.32. The van der Waals surface area contributed by atoms with Gasteiger partial charge >= 0.3 is 11.9 Å². The minimum Gasteiger partial charge on any atom is -0.466 e. The number of hydrogen-bond acceptors (Lipinski definition) is 6. The molecular formula is C18H26O6. The molecule has 2 aliphatic rings. The Morgan fingerprint density at radius 3 is 1.50 bits per heavy atom. The van der Waals surface area contributed by atoms with Gasteiger partial charge in [-0.2, -0.15) is 0 Å². The smallest absolute Gasteiger partial charge is 0.330 e. The molecule has 0 spiro atoms. The molecule has 2 heterocycles. The molecule has 2 fully saturated rings. The highest BCUT2D eigenvalue weighted by atomic mass is 16.5. The van der Waals surface area contributed by atoms with E-state index in [0.29, 0.717) is 24.4 Å². The summed E-state index contributed by atoms with van der Waals surface area (Å²) in [5, 5.41) is 0. The Kier molecular flexibility index (Phi) is 7.46. The van der Waals surface area contributed by atoms with E-state index in [9.17, 15) is 9.59 Å². The van der Waals surface area contributed by atoms with E-state index in [2.05, 4.69) is 0 Å². The van der Waals surface area contributed by atoms with E-state index >= 15 is 0 Å². The minimum atomic E-state index is -0.467. The van der Waals surface area contributed by atoms with Gasteiger partial charge in [-0.1, -0.05) is 0 Å². The average Bonchev–Trinajstić information content (AvgIpc) is 2.65. The molecule has 0 aromatic carbocycles. The third kappa shape index (κ3) is 5.18. The molecule has 2 saturated heterocycles. The highest BCUT2D eigenvalue weighted by molar-refractivity contribution is 5.87. The lowest BCUT2D eigenvalue weighted by molar-refractivity contribution is -0.136. The first-order valence-electron chi connectivity index (χ1n) is 8.48. The zero-order valence-electron chi connectivity index (χ0n) is 14.4. The number of rotatable bonds is 5. The molecule has 2 aliphatic heterocycles. The molecule has 24 heavy (non-hydrogen) atoms. The Balaban J connectivity index is 2.37. The highest BCUT2D eigenvalue weighted by Crippen LogP contribution is 2.31. The fraction of sp³-hybridized carbons (Fsp3) is 0.667.